The summed E-state index contributed by atoms with van der Waals surface area (Å²) in [5.74, 6) is -0.147. The molecule has 174 valence electrons. The third kappa shape index (κ3) is 5.16. The zero-order chi connectivity index (χ0) is 24.1. The number of rotatable bonds is 9. The maximum absolute atomic E-state index is 14.8. The number of aromatic nitrogens is 3. The number of fused-ring (bicyclic) bond motifs is 1. The van der Waals surface area contributed by atoms with Crippen LogP contribution in [-0.2, 0) is 9.53 Å². The molecule has 0 saturated carbocycles. The largest absolute Gasteiger partial charge is 0.437 e. The monoisotopic (exact) mass is 481 g/mol. The molecule has 0 atom stereocenters. The van der Waals surface area contributed by atoms with Crippen molar-refractivity contribution in [3.63, 3.8) is 0 Å². The van der Waals surface area contributed by atoms with E-state index in [-0.39, 0.29) is 22.5 Å². The highest BCUT2D eigenvalue weighted by Crippen LogP contribution is 2.35. The molecule has 2 aromatic heterocycles. The normalized spacial score (nSPS) is 10.8. The molecule has 0 fully saturated rings. The summed E-state index contributed by atoms with van der Waals surface area (Å²) in [5, 5.41) is 5.83. The molecule has 0 aliphatic carbocycles. The van der Waals surface area contributed by atoms with Crippen LogP contribution in [-0.4, -0.2) is 41.1 Å². The van der Waals surface area contributed by atoms with E-state index in [9.17, 15) is 9.18 Å². The highest BCUT2D eigenvalue weighted by molar-refractivity contribution is 6.33. The van der Waals surface area contributed by atoms with Crippen LogP contribution in [0.4, 0.5) is 15.8 Å². The van der Waals surface area contributed by atoms with Crippen molar-refractivity contribution in [1.82, 2.24) is 15.0 Å². The number of aromatic amines is 1. The van der Waals surface area contributed by atoms with Crippen LogP contribution < -0.4 is 15.4 Å². The number of H-pyrrole nitrogens is 1. The number of anilines is 2. The van der Waals surface area contributed by atoms with E-state index in [1.54, 1.807) is 43.6 Å². The SMILES string of the molecule is C=CC(=O)Nc1cccc(Oc2cnc3[nH]cc(-c4cc(F)c(NCCOC)c(Cl)c4)c3n2)c1. The van der Waals surface area contributed by atoms with Gasteiger partial charge in [-0.15, -0.1) is 0 Å². The van der Waals surface area contributed by atoms with E-state index in [0.717, 1.165) is 0 Å². The second-order valence-corrected chi connectivity index (χ2v) is 7.57. The van der Waals surface area contributed by atoms with Crippen LogP contribution in [0.3, 0.4) is 0 Å². The Morgan fingerprint density at radius 3 is 2.94 bits per heavy atom. The van der Waals surface area contributed by atoms with E-state index < -0.39 is 5.82 Å². The van der Waals surface area contributed by atoms with Crippen LogP contribution in [0.2, 0.25) is 5.02 Å². The predicted octanol–water partition coefficient (Wildman–Crippen LogP) is 5.39. The van der Waals surface area contributed by atoms with Crippen molar-refractivity contribution in [3.8, 4) is 22.8 Å². The first kappa shape index (κ1) is 23.2. The Morgan fingerprint density at radius 1 is 1.32 bits per heavy atom. The molecular weight excluding hydrogens is 461 g/mol. The summed E-state index contributed by atoms with van der Waals surface area (Å²) in [7, 11) is 1.57. The van der Waals surface area contributed by atoms with Gasteiger partial charge in [0, 0.05) is 37.2 Å². The second-order valence-electron chi connectivity index (χ2n) is 7.17. The van der Waals surface area contributed by atoms with Gasteiger partial charge in [-0.05, 0) is 35.9 Å². The summed E-state index contributed by atoms with van der Waals surface area (Å²) >= 11 is 6.33. The molecule has 2 heterocycles. The van der Waals surface area contributed by atoms with Crippen molar-refractivity contribution in [2.45, 2.75) is 0 Å². The van der Waals surface area contributed by atoms with Gasteiger partial charge in [-0.2, -0.15) is 0 Å². The predicted molar refractivity (Wildman–Crippen MR) is 130 cm³/mol. The first-order chi connectivity index (χ1) is 16.5. The molecule has 0 spiro atoms. The lowest BCUT2D eigenvalue weighted by Gasteiger charge is -2.11. The summed E-state index contributed by atoms with van der Waals surface area (Å²) in [6.07, 6.45) is 4.33. The lowest BCUT2D eigenvalue weighted by atomic mass is 10.1. The van der Waals surface area contributed by atoms with Gasteiger partial charge in [0.15, 0.2) is 5.65 Å². The molecule has 4 rings (SSSR count). The lowest BCUT2D eigenvalue weighted by molar-refractivity contribution is -0.111. The third-order valence-electron chi connectivity index (χ3n) is 4.83. The Bertz CT molecular complexity index is 1330. The fourth-order valence-corrected chi connectivity index (χ4v) is 3.55. The molecule has 4 aromatic rings. The molecular formula is C24H21ClFN5O3. The number of hydrogen-bond donors (Lipinski definition) is 3. The average Bonchev–Trinajstić information content (AvgIpc) is 3.24. The zero-order valence-electron chi connectivity index (χ0n) is 18.2. The number of carbonyl (C=O) groups is 1. The molecule has 0 unspecified atom stereocenters. The van der Waals surface area contributed by atoms with E-state index in [4.69, 9.17) is 21.1 Å². The zero-order valence-corrected chi connectivity index (χ0v) is 18.9. The number of carbonyl (C=O) groups excluding carboxylic acids is 1. The minimum Gasteiger partial charge on any atom is -0.437 e. The number of nitrogens with zero attached hydrogens (tertiary/aromatic N) is 2. The first-order valence-electron chi connectivity index (χ1n) is 10.3. The number of nitrogens with one attached hydrogen (secondary N) is 3. The highest BCUT2D eigenvalue weighted by atomic mass is 35.5. The Hall–Kier alpha value is -3.95. The lowest BCUT2D eigenvalue weighted by Crippen LogP contribution is -2.09. The van der Waals surface area contributed by atoms with Gasteiger partial charge in [-0.3, -0.25) is 4.79 Å². The van der Waals surface area contributed by atoms with Gasteiger partial charge in [-0.25, -0.2) is 14.4 Å². The minimum absolute atomic E-state index is 0.209. The molecule has 0 radical (unpaired) electrons. The molecule has 2 aromatic carbocycles. The van der Waals surface area contributed by atoms with E-state index >= 15 is 0 Å². The number of hydrogen-bond acceptors (Lipinski definition) is 6. The van der Waals surface area contributed by atoms with Crippen molar-refractivity contribution in [3.05, 3.63) is 72.3 Å². The van der Waals surface area contributed by atoms with Crippen LogP contribution in [0.1, 0.15) is 0 Å². The molecule has 0 saturated heterocycles. The number of benzene rings is 2. The number of amides is 1. The summed E-state index contributed by atoms with van der Waals surface area (Å²) in [6, 6.07) is 9.86. The van der Waals surface area contributed by atoms with Crippen molar-refractivity contribution in [1.29, 1.82) is 0 Å². The van der Waals surface area contributed by atoms with Crippen LogP contribution in [0, 0.1) is 5.82 Å². The van der Waals surface area contributed by atoms with Gasteiger partial charge in [-0.1, -0.05) is 24.2 Å². The summed E-state index contributed by atoms with van der Waals surface area (Å²) in [6.45, 7) is 4.27. The van der Waals surface area contributed by atoms with E-state index in [2.05, 4.69) is 32.2 Å². The van der Waals surface area contributed by atoms with Crippen LogP contribution in [0.15, 0.2) is 61.4 Å². The summed E-state index contributed by atoms with van der Waals surface area (Å²) < 4.78 is 25.6. The van der Waals surface area contributed by atoms with E-state index in [1.807, 2.05) is 0 Å². The molecule has 0 aliphatic rings. The van der Waals surface area contributed by atoms with Crippen LogP contribution in [0.5, 0.6) is 11.6 Å². The average molecular weight is 482 g/mol. The summed E-state index contributed by atoms with van der Waals surface area (Å²) in [4.78, 5) is 23.4. The number of ether oxygens (including phenoxy) is 2. The third-order valence-corrected chi connectivity index (χ3v) is 5.13. The molecule has 10 heteroatoms. The molecule has 34 heavy (non-hydrogen) atoms. The highest BCUT2D eigenvalue weighted by Gasteiger charge is 2.15. The van der Waals surface area contributed by atoms with E-state index in [1.165, 1.54) is 18.3 Å². The molecule has 0 aliphatic heterocycles. The standard InChI is InChI=1S/C24H21ClFN5O3/c1-3-20(32)30-15-5-4-6-16(11-15)34-21-13-29-24-22(31-21)17(12-28-24)14-9-18(25)23(19(26)10-14)27-7-8-33-2/h3-6,9-13,27H,1,7-8H2,2H3,(H,28,29)(H,30,32). The Balaban J connectivity index is 1.62. The molecule has 8 nitrogen and oxygen atoms in total. The van der Waals surface area contributed by atoms with E-state index in [0.29, 0.717) is 46.9 Å². The van der Waals surface area contributed by atoms with Gasteiger partial charge >= 0.3 is 0 Å². The maximum Gasteiger partial charge on any atom is 0.247 e. The van der Waals surface area contributed by atoms with Crippen molar-refractivity contribution < 1.29 is 18.7 Å². The fourth-order valence-electron chi connectivity index (χ4n) is 3.27. The van der Waals surface area contributed by atoms with Crippen molar-refractivity contribution in [2.24, 2.45) is 0 Å². The minimum atomic E-state index is -0.494. The summed E-state index contributed by atoms with van der Waals surface area (Å²) in [5.41, 5.74) is 2.90. The van der Waals surface area contributed by atoms with Gasteiger partial charge in [0.25, 0.3) is 0 Å². The number of methoxy groups -OCH3 is 1. The van der Waals surface area contributed by atoms with Crippen LogP contribution >= 0.6 is 11.6 Å². The first-order valence-corrected chi connectivity index (χ1v) is 10.6. The second kappa shape index (κ2) is 10.3. The molecule has 0 bridgehead atoms. The Morgan fingerprint density at radius 2 is 2.18 bits per heavy atom. The van der Waals surface area contributed by atoms with Gasteiger partial charge in [0.2, 0.25) is 11.8 Å². The quantitative estimate of drug-likeness (QED) is 0.219. The van der Waals surface area contributed by atoms with Crippen LogP contribution in [0.25, 0.3) is 22.3 Å². The smallest absolute Gasteiger partial charge is 0.247 e. The molecule has 1 amide bonds. The fraction of sp³-hybridized carbons (Fsp3) is 0.125. The molecule has 3 N–H and O–H groups in total. The van der Waals surface area contributed by atoms with Gasteiger partial charge < -0.3 is 25.1 Å². The topological polar surface area (TPSA) is 101 Å². The van der Waals surface area contributed by atoms with Crippen molar-refractivity contribution in [2.75, 3.05) is 30.9 Å². The van der Waals surface area contributed by atoms with Gasteiger partial charge in [0.05, 0.1) is 23.5 Å². The maximum atomic E-state index is 14.8. The van der Waals surface area contributed by atoms with Gasteiger partial charge in [0.1, 0.15) is 17.1 Å². The van der Waals surface area contributed by atoms with Crippen molar-refractivity contribution >= 4 is 40.0 Å². The Kier molecular flexibility index (Phi) is 7.05. The Labute approximate surface area is 199 Å². The number of halogens is 2.